The Morgan fingerprint density at radius 3 is 2.75 bits per heavy atom. The van der Waals surface area contributed by atoms with Crippen LogP contribution in [0, 0.1) is 0 Å². The Kier molecular flexibility index (Phi) is 4.55. The molecule has 0 saturated carbocycles. The van der Waals surface area contributed by atoms with E-state index in [9.17, 15) is 4.79 Å². The van der Waals surface area contributed by atoms with E-state index in [1.165, 1.54) is 0 Å². The number of aliphatic carboxylic acids is 1. The molecular formula is C12H14BrNO2. The number of hydrogen-bond donors (Lipinski definition) is 1. The van der Waals surface area contributed by atoms with Gasteiger partial charge in [0, 0.05) is 29.8 Å². The maximum absolute atomic E-state index is 10.4. The third kappa shape index (κ3) is 3.38. The molecule has 1 rings (SSSR count). The van der Waals surface area contributed by atoms with Crippen LogP contribution in [0.4, 0.5) is 5.69 Å². The predicted octanol–water partition coefficient (Wildman–Crippen LogP) is 3.00. The largest absolute Gasteiger partial charge is 0.478 e. The van der Waals surface area contributed by atoms with Gasteiger partial charge in [-0.2, -0.15) is 0 Å². The van der Waals surface area contributed by atoms with Gasteiger partial charge in [0.15, 0.2) is 0 Å². The first kappa shape index (κ1) is 12.8. The molecule has 16 heavy (non-hydrogen) atoms. The molecule has 1 N–H and O–H groups in total. The second-order valence-corrected chi connectivity index (χ2v) is 4.25. The number of carbonyl (C=O) groups is 1. The average molecular weight is 284 g/mol. The van der Waals surface area contributed by atoms with E-state index in [1.807, 2.05) is 25.2 Å². The number of carboxylic acid groups (broad SMARTS) is 1. The monoisotopic (exact) mass is 283 g/mol. The Balaban J connectivity index is 2.96. The molecular weight excluding hydrogens is 270 g/mol. The summed E-state index contributed by atoms with van der Waals surface area (Å²) in [6, 6.07) is 5.84. The van der Waals surface area contributed by atoms with Gasteiger partial charge in [0.05, 0.1) is 0 Å². The molecule has 0 bridgehead atoms. The highest BCUT2D eigenvalue weighted by Crippen LogP contribution is 2.24. The highest BCUT2D eigenvalue weighted by atomic mass is 79.9. The Labute approximate surface area is 104 Å². The smallest absolute Gasteiger partial charge is 0.328 e. The van der Waals surface area contributed by atoms with Gasteiger partial charge in [0.1, 0.15) is 0 Å². The summed E-state index contributed by atoms with van der Waals surface area (Å²) in [4.78, 5) is 12.5. The minimum atomic E-state index is -0.943. The van der Waals surface area contributed by atoms with E-state index >= 15 is 0 Å². The van der Waals surface area contributed by atoms with E-state index in [0.29, 0.717) is 0 Å². The minimum absolute atomic E-state index is 0.857. The molecule has 0 spiro atoms. The summed E-state index contributed by atoms with van der Waals surface area (Å²) in [5.74, 6) is -0.943. The highest BCUT2D eigenvalue weighted by Gasteiger charge is 2.02. The Morgan fingerprint density at radius 2 is 2.25 bits per heavy atom. The number of halogens is 1. The fourth-order valence-electron chi connectivity index (χ4n) is 1.23. The van der Waals surface area contributed by atoms with Gasteiger partial charge >= 0.3 is 5.97 Å². The van der Waals surface area contributed by atoms with E-state index < -0.39 is 5.97 Å². The van der Waals surface area contributed by atoms with Crippen molar-refractivity contribution < 1.29 is 9.90 Å². The molecule has 1 aromatic carbocycles. The zero-order valence-corrected chi connectivity index (χ0v) is 10.9. The third-order valence-electron chi connectivity index (χ3n) is 2.30. The van der Waals surface area contributed by atoms with Gasteiger partial charge in [-0.25, -0.2) is 4.79 Å². The normalized spacial score (nSPS) is 10.7. The van der Waals surface area contributed by atoms with Crippen molar-refractivity contribution >= 4 is 33.7 Å². The molecule has 0 unspecified atom stereocenters. The summed E-state index contributed by atoms with van der Waals surface area (Å²) in [7, 11) is 2.01. The number of rotatable bonds is 4. The summed E-state index contributed by atoms with van der Waals surface area (Å²) < 4.78 is 0.891. The van der Waals surface area contributed by atoms with Gasteiger partial charge in [-0.3, -0.25) is 0 Å². The van der Waals surface area contributed by atoms with Crippen LogP contribution in [0.3, 0.4) is 0 Å². The molecule has 0 radical (unpaired) electrons. The van der Waals surface area contributed by atoms with E-state index in [1.54, 1.807) is 6.08 Å². The van der Waals surface area contributed by atoms with Crippen molar-refractivity contribution in [3.63, 3.8) is 0 Å². The fraction of sp³-hybridized carbons (Fsp3) is 0.250. The fourth-order valence-corrected chi connectivity index (χ4v) is 1.73. The van der Waals surface area contributed by atoms with E-state index in [0.717, 1.165) is 28.3 Å². The molecule has 0 aliphatic heterocycles. The molecule has 86 valence electrons. The summed E-state index contributed by atoms with van der Waals surface area (Å²) in [6.07, 6.45) is 2.70. The molecule has 0 aliphatic rings. The van der Waals surface area contributed by atoms with Crippen molar-refractivity contribution in [2.45, 2.75) is 6.92 Å². The Hall–Kier alpha value is -1.29. The molecule has 0 aliphatic carbocycles. The molecule has 0 saturated heterocycles. The zero-order chi connectivity index (χ0) is 12.1. The second kappa shape index (κ2) is 5.70. The number of hydrogen-bond acceptors (Lipinski definition) is 2. The first-order chi connectivity index (χ1) is 7.54. The summed E-state index contributed by atoms with van der Waals surface area (Å²) in [6.45, 7) is 3.00. The van der Waals surface area contributed by atoms with Gasteiger partial charge in [-0.1, -0.05) is 22.0 Å². The van der Waals surface area contributed by atoms with Gasteiger partial charge in [0.2, 0.25) is 0 Å². The maximum atomic E-state index is 10.4. The van der Waals surface area contributed by atoms with Crippen LogP contribution in [0.15, 0.2) is 28.7 Å². The van der Waals surface area contributed by atoms with Crippen LogP contribution < -0.4 is 4.90 Å². The second-order valence-electron chi connectivity index (χ2n) is 3.39. The van der Waals surface area contributed by atoms with Gasteiger partial charge in [0.25, 0.3) is 0 Å². The molecule has 0 fully saturated rings. The molecule has 4 heteroatoms. The van der Waals surface area contributed by atoms with Crippen molar-refractivity contribution in [1.82, 2.24) is 0 Å². The Bertz CT molecular complexity index is 415. The Morgan fingerprint density at radius 1 is 1.56 bits per heavy atom. The lowest BCUT2D eigenvalue weighted by Crippen LogP contribution is -2.15. The standard InChI is InChI=1S/C12H14BrNO2/c1-3-14(2)10-6-4-9(11(13)8-10)5-7-12(15)16/h4-8H,3H2,1-2H3,(H,15,16)/b7-5+. The lowest BCUT2D eigenvalue weighted by Gasteiger charge is -2.17. The molecule has 0 atom stereocenters. The number of benzene rings is 1. The van der Waals surface area contributed by atoms with Gasteiger partial charge < -0.3 is 10.0 Å². The molecule has 0 heterocycles. The lowest BCUT2D eigenvalue weighted by atomic mass is 10.2. The first-order valence-corrected chi connectivity index (χ1v) is 5.75. The predicted molar refractivity (Wildman–Crippen MR) is 69.8 cm³/mol. The maximum Gasteiger partial charge on any atom is 0.328 e. The first-order valence-electron chi connectivity index (χ1n) is 4.96. The molecule has 0 amide bonds. The van der Waals surface area contributed by atoms with Crippen LogP contribution in [0.25, 0.3) is 6.08 Å². The zero-order valence-electron chi connectivity index (χ0n) is 9.27. The van der Waals surface area contributed by atoms with Crippen LogP contribution in [-0.2, 0) is 4.79 Å². The van der Waals surface area contributed by atoms with Gasteiger partial charge in [-0.15, -0.1) is 0 Å². The van der Waals surface area contributed by atoms with Crippen molar-refractivity contribution in [3.8, 4) is 0 Å². The summed E-state index contributed by atoms with van der Waals surface area (Å²) >= 11 is 3.42. The van der Waals surface area contributed by atoms with E-state index in [-0.39, 0.29) is 0 Å². The van der Waals surface area contributed by atoms with Crippen LogP contribution in [0.1, 0.15) is 12.5 Å². The van der Waals surface area contributed by atoms with Crippen molar-refractivity contribution in [2.75, 3.05) is 18.5 Å². The molecule has 0 aromatic heterocycles. The summed E-state index contributed by atoms with van der Waals surface area (Å²) in [5.41, 5.74) is 1.96. The van der Waals surface area contributed by atoms with E-state index in [2.05, 4.69) is 27.8 Å². The number of carboxylic acids is 1. The third-order valence-corrected chi connectivity index (χ3v) is 2.99. The van der Waals surface area contributed by atoms with Crippen molar-refractivity contribution in [3.05, 3.63) is 34.3 Å². The van der Waals surface area contributed by atoms with Crippen molar-refractivity contribution in [1.29, 1.82) is 0 Å². The number of anilines is 1. The summed E-state index contributed by atoms with van der Waals surface area (Å²) in [5, 5.41) is 8.54. The quantitative estimate of drug-likeness (QED) is 0.864. The lowest BCUT2D eigenvalue weighted by molar-refractivity contribution is -0.131. The van der Waals surface area contributed by atoms with Crippen LogP contribution in [-0.4, -0.2) is 24.7 Å². The topological polar surface area (TPSA) is 40.5 Å². The SMILES string of the molecule is CCN(C)c1ccc(/C=C/C(=O)O)c(Br)c1. The van der Waals surface area contributed by atoms with Gasteiger partial charge in [-0.05, 0) is 30.7 Å². The average Bonchev–Trinajstić information content (AvgIpc) is 2.26. The van der Waals surface area contributed by atoms with E-state index in [4.69, 9.17) is 5.11 Å². The van der Waals surface area contributed by atoms with Crippen molar-refractivity contribution in [2.24, 2.45) is 0 Å². The van der Waals surface area contributed by atoms with Crippen LogP contribution >= 0.6 is 15.9 Å². The highest BCUT2D eigenvalue weighted by molar-refractivity contribution is 9.10. The minimum Gasteiger partial charge on any atom is -0.478 e. The molecule has 1 aromatic rings. The van der Waals surface area contributed by atoms with Crippen LogP contribution in [0.5, 0.6) is 0 Å². The number of nitrogens with zero attached hydrogens (tertiary/aromatic N) is 1. The molecule has 3 nitrogen and oxygen atoms in total. The van der Waals surface area contributed by atoms with Crippen LogP contribution in [0.2, 0.25) is 0 Å².